The van der Waals surface area contributed by atoms with Crippen LogP contribution in [-0.2, 0) is 4.74 Å². The van der Waals surface area contributed by atoms with Gasteiger partial charge in [-0.2, -0.15) is 0 Å². The summed E-state index contributed by atoms with van der Waals surface area (Å²) in [5, 5.41) is 0. The molecule has 2 fully saturated rings. The monoisotopic (exact) mass is 362 g/mol. The minimum absolute atomic E-state index is 0.410. The molecule has 0 spiro atoms. The Morgan fingerprint density at radius 2 is 1.81 bits per heavy atom. The van der Waals surface area contributed by atoms with Gasteiger partial charge in [-0.15, -0.1) is 6.58 Å². The molecule has 0 bridgehead atoms. The van der Waals surface area contributed by atoms with Crippen LogP contribution in [0.15, 0.2) is 12.7 Å². The molecular weight excluding hydrogens is 316 g/mol. The number of ether oxygens (including phenoxy) is 1. The normalized spacial score (nSPS) is 32.1. The molecule has 0 aromatic heterocycles. The lowest BCUT2D eigenvalue weighted by Gasteiger charge is -2.56. The molecule has 1 heteroatoms. The van der Waals surface area contributed by atoms with Gasteiger partial charge in [-0.3, -0.25) is 0 Å². The van der Waals surface area contributed by atoms with Crippen LogP contribution in [0.1, 0.15) is 105 Å². The summed E-state index contributed by atoms with van der Waals surface area (Å²) in [7, 11) is 0. The van der Waals surface area contributed by atoms with Gasteiger partial charge in [-0.05, 0) is 80.0 Å². The summed E-state index contributed by atoms with van der Waals surface area (Å²) in [5.74, 6) is 2.65. The van der Waals surface area contributed by atoms with E-state index in [2.05, 4.69) is 41.2 Å². The number of rotatable bonds is 9. The van der Waals surface area contributed by atoms with E-state index >= 15 is 0 Å². The standard InChI is InChI=1S/C25H46O/c1-7-16-26-23(8-2)15-14-21(4)25(22-12-10-9-11-13-22)18-20(3)17-24(5,6)19-25/h7,20-23H,1,8-19H2,2-6H3. The predicted molar refractivity (Wildman–Crippen MR) is 114 cm³/mol. The fraction of sp³-hybridized carbons (Fsp3) is 0.920. The van der Waals surface area contributed by atoms with Crippen molar-refractivity contribution in [1.29, 1.82) is 0 Å². The van der Waals surface area contributed by atoms with Crippen molar-refractivity contribution in [3.63, 3.8) is 0 Å². The van der Waals surface area contributed by atoms with Crippen LogP contribution in [0, 0.1) is 28.6 Å². The molecule has 0 amide bonds. The molecule has 2 aliphatic carbocycles. The Morgan fingerprint density at radius 3 is 2.38 bits per heavy atom. The van der Waals surface area contributed by atoms with E-state index in [1.165, 1.54) is 64.2 Å². The maximum absolute atomic E-state index is 6.00. The zero-order valence-corrected chi connectivity index (χ0v) is 18.5. The van der Waals surface area contributed by atoms with E-state index in [-0.39, 0.29) is 0 Å². The van der Waals surface area contributed by atoms with Gasteiger partial charge in [-0.1, -0.05) is 60.0 Å². The molecule has 2 saturated carbocycles. The van der Waals surface area contributed by atoms with Crippen LogP contribution in [0.4, 0.5) is 0 Å². The van der Waals surface area contributed by atoms with Gasteiger partial charge in [-0.25, -0.2) is 0 Å². The Morgan fingerprint density at radius 1 is 1.12 bits per heavy atom. The van der Waals surface area contributed by atoms with Crippen LogP contribution < -0.4 is 0 Å². The van der Waals surface area contributed by atoms with Crippen LogP contribution >= 0.6 is 0 Å². The maximum Gasteiger partial charge on any atom is 0.0648 e. The summed E-state index contributed by atoms with van der Waals surface area (Å²) in [6.07, 6.45) is 17.7. The second-order valence-electron chi connectivity index (χ2n) is 10.6. The summed E-state index contributed by atoms with van der Waals surface area (Å²) in [5.41, 5.74) is 1.07. The third-order valence-electron chi connectivity index (χ3n) is 7.66. The summed E-state index contributed by atoms with van der Waals surface area (Å²) in [4.78, 5) is 0. The summed E-state index contributed by atoms with van der Waals surface area (Å²) in [6, 6.07) is 0. The zero-order chi connectivity index (χ0) is 19.2. The molecule has 4 atom stereocenters. The molecule has 2 rings (SSSR count). The van der Waals surface area contributed by atoms with Crippen molar-refractivity contribution in [2.45, 2.75) is 111 Å². The lowest BCUT2D eigenvalue weighted by molar-refractivity contribution is -0.0622. The Hall–Kier alpha value is -0.300. The van der Waals surface area contributed by atoms with Crippen molar-refractivity contribution in [2.24, 2.45) is 28.6 Å². The van der Waals surface area contributed by atoms with E-state index < -0.39 is 0 Å². The second-order valence-corrected chi connectivity index (χ2v) is 10.6. The Labute approximate surface area is 164 Å². The van der Waals surface area contributed by atoms with Crippen LogP contribution in [-0.4, -0.2) is 12.7 Å². The van der Waals surface area contributed by atoms with E-state index in [4.69, 9.17) is 4.74 Å². The van der Waals surface area contributed by atoms with E-state index in [0.29, 0.717) is 23.5 Å². The van der Waals surface area contributed by atoms with Gasteiger partial charge in [0.15, 0.2) is 0 Å². The van der Waals surface area contributed by atoms with Crippen molar-refractivity contribution in [1.82, 2.24) is 0 Å². The minimum Gasteiger partial charge on any atom is -0.374 e. The lowest BCUT2D eigenvalue weighted by atomic mass is 9.49. The minimum atomic E-state index is 0.410. The summed E-state index contributed by atoms with van der Waals surface area (Å²) in [6.45, 7) is 17.0. The van der Waals surface area contributed by atoms with Crippen molar-refractivity contribution in [3.8, 4) is 0 Å². The molecule has 0 aromatic rings. The first kappa shape index (κ1) is 22.0. The number of hydrogen-bond donors (Lipinski definition) is 0. The molecule has 1 nitrogen and oxygen atoms in total. The van der Waals surface area contributed by atoms with Crippen molar-refractivity contribution in [2.75, 3.05) is 6.61 Å². The van der Waals surface area contributed by atoms with Gasteiger partial charge in [0.25, 0.3) is 0 Å². The molecule has 152 valence electrons. The van der Waals surface area contributed by atoms with Crippen molar-refractivity contribution in [3.05, 3.63) is 12.7 Å². The largest absolute Gasteiger partial charge is 0.374 e. The molecule has 0 radical (unpaired) electrons. The van der Waals surface area contributed by atoms with Gasteiger partial charge < -0.3 is 4.74 Å². The van der Waals surface area contributed by atoms with Gasteiger partial charge in [0.2, 0.25) is 0 Å². The van der Waals surface area contributed by atoms with Gasteiger partial charge in [0, 0.05) is 0 Å². The Bertz CT molecular complexity index is 420. The lowest BCUT2D eigenvalue weighted by Crippen LogP contribution is -2.47. The highest BCUT2D eigenvalue weighted by Gasteiger charge is 2.50. The molecular formula is C25H46O. The van der Waals surface area contributed by atoms with Crippen LogP contribution in [0.2, 0.25) is 0 Å². The summed E-state index contributed by atoms with van der Waals surface area (Å²) >= 11 is 0. The topological polar surface area (TPSA) is 9.23 Å². The first-order valence-corrected chi connectivity index (χ1v) is 11.6. The van der Waals surface area contributed by atoms with Gasteiger partial charge in [0.1, 0.15) is 0 Å². The van der Waals surface area contributed by atoms with Crippen LogP contribution in [0.3, 0.4) is 0 Å². The first-order chi connectivity index (χ1) is 12.3. The highest BCUT2D eigenvalue weighted by atomic mass is 16.5. The Kier molecular flexibility index (Phi) is 8.26. The maximum atomic E-state index is 6.00. The van der Waals surface area contributed by atoms with Crippen LogP contribution in [0.5, 0.6) is 0 Å². The Balaban J connectivity index is 2.13. The van der Waals surface area contributed by atoms with Crippen molar-refractivity contribution >= 4 is 0 Å². The molecule has 2 aliphatic rings. The van der Waals surface area contributed by atoms with Gasteiger partial charge >= 0.3 is 0 Å². The predicted octanol–water partition coefficient (Wildman–Crippen LogP) is 7.80. The van der Waals surface area contributed by atoms with E-state index in [9.17, 15) is 0 Å². The molecule has 0 aromatic carbocycles. The highest BCUT2D eigenvalue weighted by Crippen LogP contribution is 2.59. The van der Waals surface area contributed by atoms with Gasteiger partial charge in [0.05, 0.1) is 12.7 Å². The molecule has 4 unspecified atom stereocenters. The SMILES string of the molecule is C=CCOC(CC)CCC(C)C1(C2CCCCC2)CC(C)CC(C)(C)C1. The summed E-state index contributed by atoms with van der Waals surface area (Å²) < 4.78 is 6.00. The van der Waals surface area contributed by atoms with E-state index in [1.807, 2.05) is 6.08 Å². The molecule has 26 heavy (non-hydrogen) atoms. The quantitative estimate of drug-likeness (QED) is 0.380. The molecule has 0 heterocycles. The third-order valence-corrected chi connectivity index (χ3v) is 7.66. The van der Waals surface area contributed by atoms with E-state index in [1.54, 1.807) is 0 Å². The third kappa shape index (κ3) is 5.60. The zero-order valence-electron chi connectivity index (χ0n) is 18.5. The van der Waals surface area contributed by atoms with Crippen molar-refractivity contribution < 1.29 is 4.74 Å². The van der Waals surface area contributed by atoms with E-state index in [0.717, 1.165) is 24.2 Å². The first-order valence-electron chi connectivity index (χ1n) is 11.6. The smallest absolute Gasteiger partial charge is 0.0648 e. The average molecular weight is 363 g/mol. The fourth-order valence-corrected chi connectivity index (χ4v) is 6.80. The fourth-order valence-electron chi connectivity index (χ4n) is 6.80. The molecule has 0 aliphatic heterocycles. The molecule has 0 N–H and O–H groups in total. The number of hydrogen-bond acceptors (Lipinski definition) is 1. The van der Waals surface area contributed by atoms with Crippen LogP contribution in [0.25, 0.3) is 0 Å². The average Bonchev–Trinajstić information content (AvgIpc) is 2.60. The molecule has 0 saturated heterocycles. The highest BCUT2D eigenvalue weighted by molar-refractivity contribution is 5.00. The second kappa shape index (κ2) is 9.76.